The van der Waals surface area contributed by atoms with Crippen molar-refractivity contribution in [1.82, 2.24) is 20.1 Å². The van der Waals surface area contributed by atoms with Crippen LogP contribution in [0.1, 0.15) is 47.1 Å². The van der Waals surface area contributed by atoms with E-state index >= 15 is 0 Å². The number of aliphatic carboxylic acids is 1. The van der Waals surface area contributed by atoms with Gasteiger partial charge in [0.1, 0.15) is 6.04 Å². The molecule has 3 atom stereocenters. The van der Waals surface area contributed by atoms with E-state index < -0.39 is 29.5 Å². The summed E-state index contributed by atoms with van der Waals surface area (Å²) < 4.78 is 2.05. The van der Waals surface area contributed by atoms with E-state index in [4.69, 9.17) is 0 Å². The molecule has 0 aliphatic carbocycles. The number of carbonyl (C=O) groups excluding carboxylic acids is 2. The molecule has 0 unspecified atom stereocenters. The number of carboxylic acid groups (broad SMARTS) is 1. The minimum Gasteiger partial charge on any atom is -0.478 e. The average molecular weight is 485 g/mol. The summed E-state index contributed by atoms with van der Waals surface area (Å²) in [5, 5.41) is 16.4. The molecule has 8 nitrogen and oxygen atoms in total. The van der Waals surface area contributed by atoms with Crippen LogP contribution < -0.4 is 10.6 Å². The van der Waals surface area contributed by atoms with Crippen LogP contribution in [0.4, 0.5) is 0 Å². The van der Waals surface area contributed by atoms with Crippen molar-refractivity contribution in [3.63, 3.8) is 0 Å². The van der Waals surface area contributed by atoms with Crippen molar-refractivity contribution in [2.45, 2.75) is 65.1 Å². The molecule has 8 heteroatoms. The van der Waals surface area contributed by atoms with Crippen LogP contribution >= 0.6 is 0 Å². The SMILES string of the molecule is CN[C@H](C(=O)N[C@@H](C)C(=O)N(C)[C@H](C=C(C)C(=O)O)C(C)C)C(C)(C)c1cn(C)c2ccccc12. The van der Waals surface area contributed by atoms with Crippen molar-refractivity contribution < 1.29 is 19.5 Å². The molecule has 0 radical (unpaired) electrons. The van der Waals surface area contributed by atoms with Crippen LogP contribution in [0.3, 0.4) is 0 Å². The van der Waals surface area contributed by atoms with Crippen LogP contribution in [0.15, 0.2) is 42.1 Å². The third kappa shape index (κ3) is 5.93. The van der Waals surface area contributed by atoms with Gasteiger partial charge in [0.15, 0.2) is 0 Å². The highest BCUT2D eigenvalue weighted by Gasteiger charge is 2.39. The fraction of sp³-hybridized carbons (Fsp3) is 0.519. The van der Waals surface area contributed by atoms with Crippen LogP contribution in [-0.2, 0) is 26.8 Å². The predicted molar refractivity (Wildman–Crippen MR) is 139 cm³/mol. The number of para-hydroxylation sites is 1. The van der Waals surface area contributed by atoms with Gasteiger partial charge in [-0.1, -0.05) is 52.0 Å². The molecule has 1 heterocycles. The van der Waals surface area contributed by atoms with Crippen molar-refractivity contribution in [3.8, 4) is 0 Å². The van der Waals surface area contributed by atoms with Gasteiger partial charge in [-0.2, -0.15) is 0 Å². The maximum Gasteiger partial charge on any atom is 0.331 e. The zero-order chi connectivity index (χ0) is 26.7. The summed E-state index contributed by atoms with van der Waals surface area (Å²) in [6.45, 7) is 11.0. The van der Waals surface area contributed by atoms with Gasteiger partial charge in [0.05, 0.1) is 12.1 Å². The minimum atomic E-state index is -1.02. The number of hydrogen-bond acceptors (Lipinski definition) is 4. The van der Waals surface area contributed by atoms with Gasteiger partial charge >= 0.3 is 5.97 Å². The molecule has 0 saturated heterocycles. The number of likely N-dealkylation sites (N-methyl/N-ethyl adjacent to an activating group) is 2. The summed E-state index contributed by atoms with van der Waals surface area (Å²) in [7, 11) is 5.36. The molecule has 0 aliphatic rings. The lowest BCUT2D eigenvalue weighted by Gasteiger charge is -2.35. The van der Waals surface area contributed by atoms with Gasteiger partial charge in [-0.05, 0) is 38.4 Å². The molecule has 0 aliphatic heterocycles. The Kier molecular flexibility index (Phi) is 8.89. The fourth-order valence-electron chi connectivity index (χ4n) is 4.72. The summed E-state index contributed by atoms with van der Waals surface area (Å²) in [5.41, 5.74) is 1.72. The molecule has 0 bridgehead atoms. The van der Waals surface area contributed by atoms with E-state index in [9.17, 15) is 19.5 Å². The maximum atomic E-state index is 13.4. The Morgan fingerprint density at radius 3 is 2.29 bits per heavy atom. The molecule has 2 aromatic rings. The van der Waals surface area contributed by atoms with Crippen molar-refractivity contribution >= 4 is 28.7 Å². The Morgan fingerprint density at radius 1 is 1.14 bits per heavy atom. The smallest absolute Gasteiger partial charge is 0.331 e. The van der Waals surface area contributed by atoms with Crippen molar-refractivity contribution in [2.24, 2.45) is 13.0 Å². The molecule has 1 aromatic heterocycles. The predicted octanol–water partition coefficient (Wildman–Crippen LogP) is 3.06. The zero-order valence-corrected chi connectivity index (χ0v) is 22.3. The summed E-state index contributed by atoms with van der Waals surface area (Å²) in [5.74, 6) is -1.59. The zero-order valence-electron chi connectivity index (χ0n) is 22.3. The molecule has 35 heavy (non-hydrogen) atoms. The highest BCUT2D eigenvalue weighted by atomic mass is 16.4. The minimum absolute atomic E-state index is 0.00324. The number of amides is 2. The topological polar surface area (TPSA) is 104 Å². The highest BCUT2D eigenvalue weighted by Crippen LogP contribution is 2.34. The number of nitrogens with zero attached hydrogens (tertiary/aromatic N) is 2. The fourth-order valence-corrected chi connectivity index (χ4v) is 4.72. The Morgan fingerprint density at radius 2 is 1.74 bits per heavy atom. The third-order valence-corrected chi connectivity index (χ3v) is 6.83. The highest BCUT2D eigenvalue weighted by molar-refractivity contribution is 5.92. The lowest BCUT2D eigenvalue weighted by Crippen LogP contribution is -2.58. The molecule has 2 rings (SSSR count). The number of rotatable bonds is 10. The first kappa shape index (κ1) is 28.1. The van der Waals surface area contributed by atoms with E-state index in [1.807, 2.05) is 52.9 Å². The molecule has 192 valence electrons. The summed E-state index contributed by atoms with van der Waals surface area (Å²) in [6, 6.07) is 6.28. The van der Waals surface area contributed by atoms with E-state index in [2.05, 4.69) is 27.5 Å². The van der Waals surface area contributed by atoms with E-state index in [1.54, 1.807) is 27.1 Å². The number of benzene rings is 1. The Hall–Kier alpha value is -3.13. The van der Waals surface area contributed by atoms with E-state index in [-0.39, 0.29) is 23.3 Å². The molecule has 1 aromatic carbocycles. The molecule has 0 fully saturated rings. The first-order valence-corrected chi connectivity index (χ1v) is 11.9. The van der Waals surface area contributed by atoms with Crippen LogP contribution in [0.25, 0.3) is 10.9 Å². The molecular formula is C27H40N4O4. The van der Waals surface area contributed by atoms with Crippen molar-refractivity contribution in [1.29, 1.82) is 0 Å². The molecular weight excluding hydrogens is 444 g/mol. The van der Waals surface area contributed by atoms with E-state index in [1.165, 1.54) is 11.8 Å². The molecule has 0 spiro atoms. The first-order valence-electron chi connectivity index (χ1n) is 11.9. The van der Waals surface area contributed by atoms with Gasteiger partial charge in [-0.15, -0.1) is 0 Å². The lowest BCUT2D eigenvalue weighted by atomic mass is 9.77. The van der Waals surface area contributed by atoms with E-state index in [0.717, 1.165) is 16.5 Å². The van der Waals surface area contributed by atoms with Crippen molar-refractivity contribution in [3.05, 3.63) is 47.7 Å². The standard InChI is InChI=1S/C27H40N4O4/c1-16(2)22(14-17(3)26(34)35)31(9)25(33)18(4)29-24(32)23(28-7)27(5,6)20-15-30(8)21-13-11-10-12-19(20)21/h10-16,18,22-23,28H,1-9H3,(H,29,32)(H,34,35)/t18-,22+,23+/m0/s1. The van der Waals surface area contributed by atoms with E-state index in [0.29, 0.717) is 0 Å². The quantitative estimate of drug-likeness (QED) is 0.450. The van der Waals surface area contributed by atoms with Gasteiger partial charge in [0.2, 0.25) is 11.8 Å². The number of fused-ring (bicyclic) bond motifs is 1. The van der Waals surface area contributed by atoms with Crippen LogP contribution in [0, 0.1) is 5.92 Å². The second kappa shape index (κ2) is 11.1. The number of aryl methyl sites for hydroxylation is 1. The maximum absolute atomic E-state index is 13.4. The largest absolute Gasteiger partial charge is 0.478 e. The van der Waals surface area contributed by atoms with Gasteiger partial charge in [-0.25, -0.2) is 4.79 Å². The Balaban J connectivity index is 2.26. The first-order chi connectivity index (χ1) is 16.2. The number of carboxylic acids is 1. The molecule has 0 saturated carbocycles. The summed E-state index contributed by atoms with van der Waals surface area (Å²) in [4.78, 5) is 39.4. The van der Waals surface area contributed by atoms with Crippen LogP contribution in [0.2, 0.25) is 0 Å². The Labute approximate surface area is 208 Å². The van der Waals surface area contributed by atoms with Crippen LogP contribution in [0.5, 0.6) is 0 Å². The van der Waals surface area contributed by atoms with Gasteiger partial charge < -0.3 is 25.2 Å². The average Bonchev–Trinajstić information content (AvgIpc) is 3.13. The number of hydrogen-bond donors (Lipinski definition) is 3. The second-order valence-corrected chi connectivity index (χ2v) is 10.2. The normalized spacial score (nSPS) is 15.1. The third-order valence-electron chi connectivity index (χ3n) is 6.83. The second-order valence-electron chi connectivity index (χ2n) is 10.2. The van der Waals surface area contributed by atoms with Crippen LogP contribution in [-0.4, -0.2) is 64.6 Å². The lowest BCUT2D eigenvalue weighted by molar-refractivity contribution is -0.137. The summed E-state index contributed by atoms with van der Waals surface area (Å²) in [6.07, 6.45) is 3.63. The van der Waals surface area contributed by atoms with Gasteiger partial charge in [0.25, 0.3) is 0 Å². The Bertz CT molecular complexity index is 1120. The number of aromatic nitrogens is 1. The number of carbonyl (C=O) groups is 3. The summed E-state index contributed by atoms with van der Waals surface area (Å²) >= 11 is 0. The molecule has 2 amide bonds. The monoisotopic (exact) mass is 484 g/mol. The van der Waals surface area contributed by atoms with Gasteiger partial charge in [-0.3, -0.25) is 9.59 Å². The van der Waals surface area contributed by atoms with Gasteiger partial charge in [0, 0.05) is 42.2 Å². The molecule has 3 N–H and O–H groups in total. The number of nitrogens with one attached hydrogen (secondary N) is 2. The van der Waals surface area contributed by atoms with Crippen molar-refractivity contribution in [2.75, 3.05) is 14.1 Å².